The van der Waals surface area contributed by atoms with E-state index in [1.807, 2.05) is 28.1 Å². The quantitative estimate of drug-likeness (QED) is 0.0439. The largest absolute Gasteiger partial charge is 0.481 e. The topological polar surface area (TPSA) is 123 Å². The maximum Gasteiger partial charge on any atom is 0.472 e. The van der Waals surface area contributed by atoms with Crippen molar-refractivity contribution in [2.45, 2.75) is 142 Å². The highest BCUT2D eigenvalue weighted by atomic mass is 31.2. The molecule has 0 aliphatic heterocycles. The Labute approximate surface area is 251 Å². The third-order valence-electron chi connectivity index (χ3n) is 7.50. The van der Waals surface area contributed by atoms with Crippen molar-refractivity contribution in [1.29, 1.82) is 0 Å². The van der Waals surface area contributed by atoms with Gasteiger partial charge in [0.1, 0.15) is 19.3 Å². The fraction of sp³-hybridized carbons (Fsp3) is 0.968. The molecule has 0 saturated carbocycles. The number of hydrogen-bond acceptors (Lipinski definition) is 6. The van der Waals surface area contributed by atoms with E-state index in [0.29, 0.717) is 23.9 Å². The molecular formula is C31H65NO8P+. The van der Waals surface area contributed by atoms with Crippen molar-refractivity contribution in [3.63, 3.8) is 0 Å². The van der Waals surface area contributed by atoms with Gasteiger partial charge in [0.25, 0.3) is 0 Å². The number of quaternary nitrogens is 1. The Kier molecular flexibility index (Phi) is 24.5. The summed E-state index contributed by atoms with van der Waals surface area (Å²) < 4.78 is 28.3. The number of phosphoric ester groups is 1. The predicted octanol–water partition coefficient (Wildman–Crippen LogP) is 7.33. The lowest BCUT2D eigenvalue weighted by Crippen LogP contribution is -2.37. The second-order valence-electron chi connectivity index (χ2n) is 12.6. The SMILES string of the molecule is CCCCCCCCCCCCCCCCCCC(OCC(O)COP(=O)(O)OCC[N+](C)(C)C)C(CC)C(=O)O. The van der Waals surface area contributed by atoms with Crippen LogP contribution in [0, 0.1) is 5.92 Å². The Balaban J connectivity index is 4.13. The minimum Gasteiger partial charge on any atom is -0.481 e. The van der Waals surface area contributed by atoms with Crippen LogP contribution in [-0.2, 0) is 23.1 Å². The molecule has 0 spiro atoms. The summed E-state index contributed by atoms with van der Waals surface area (Å²) in [7, 11) is 1.52. The molecule has 0 rings (SSSR count). The molecule has 0 aliphatic carbocycles. The van der Waals surface area contributed by atoms with E-state index < -0.39 is 38.5 Å². The van der Waals surface area contributed by atoms with Gasteiger partial charge < -0.3 is 24.3 Å². The lowest BCUT2D eigenvalue weighted by molar-refractivity contribution is -0.870. The number of phosphoric acid groups is 1. The number of aliphatic hydroxyl groups is 1. The first-order valence-corrected chi connectivity index (χ1v) is 17.9. The molecule has 0 aliphatic rings. The van der Waals surface area contributed by atoms with Crippen molar-refractivity contribution in [2.24, 2.45) is 5.92 Å². The molecule has 0 bridgehead atoms. The molecule has 0 saturated heterocycles. The van der Waals surface area contributed by atoms with E-state index in [1.54, 1.807) is 0 Å². The molecule has 4 atom stereocenters. The lowest BCUT2D eigenvalue weighted by atomic mass is 9.94. The molecule has 3 N–H and O–H groups in total. The van der Waals surface area contributed by atoms with Crippen molar-refractivity contribution in [3.05, 3.63) is 0 Å². The van der Waals surface area contributed by atoms with Crippen LogP contribution in [0.25, 0.3) is 0 Å². The summed E-state index contributed by atoms with van der Waals surface area (Å²) in [5.74, 6) is -1.58. The maximum atomic E-state index is 12.0. The molecule has 9 nitrogen and oxygen atoms in total. The van der Waals surface area contributed by atoms with Crippen molar-refractivity contribution >= 4 is 13.8 Å². The predicted molar refractivity (Wildman–Crippen MR) is 166 cm³/mol. The Morgan fingerprint density at radius 3 is 1.63 bits per heavy atom. The molecule has 0 aromatic carbocycles. The summed E-state index contributed by atoms with van der Waals surface area (Å²) in [4.78, 5) is 21.6. The van der Waals surface area contributed by atoms with E-state index in [0.717, 1.165) is 19.3 Å². The highest BCUT2D eigenvalue weighted by Gasteiger charge is 2.29. The molecule has 0 amide bonds. The minimum absolute atomic E-state index is 0.0437. The van der Waals surface area contributed by atoms with Crippen LogP contribution in [0.5, 0.6) is 0 Å². The van der Waals surface area contributed by atoms with Gasteiger partial charge in [-0.05, 0) is 12.8 Å². The average Bonchev–Trinajstić information content (AvgIpc) is 2.89. The molecule has 41 heavy (non-hydrogen) atoms. The number of aliphatic hydroxyl groups excluding tert-OH is 1. The molecule has 0 heterocycles. The zero-order valence-electron chi connectivity index (χ0n) is 27.1. The number of likely N-dealkylation sites (N-methyl/N-ethyl adjacent to an activating group) is 1. The minimum atomic E-state index is -4.29. The fourth-order valence-corrected chi connectivity index (χ4v) is 5.57. The van der Waals surface area contributed by atoms with Crippen LogP contribution in [0.2, 0.25) is 0 Å². The third kappa shape index (κ3) is 25.7. The maximum absolute atomic E-state index is 12.0. The number of unbranched alkanes of at least 4 members (excludes halogenated alkanes) is 15. The molecule has 246 valence electrons. The molecular weight excluding hydrogens is 545 g/mol. The highest BCUT2D eigenvalue weighted by molar-refractivity contribution is 7.47. The van der Waals surface area contributed by atoms with Gasteiger partial charge in [0.05, 0.1) is 46.4 Å². The van der Waals surface area contributed by atoms with Crippen molar-refractivity contribution in [3.8, 4) is 0 Å². The van der Waals surface area contributed by atoms with Crippen molar-refractivity contribution < 1.29 is 42.7 Å². The standard InChI is InChI=1S/C31H64NO8P/c1-6-8-9-10-11-12-13-14-15-16-17-18-19-20-21-22-23-30(29(7-2)31(34)35)38-26-28(33)27-40-41(36,37)39-25-24-32(3,4)5/h28-30,33H,6-27H2,1-5H3,(H-,34,35,36,37)/p+1. The first-order chi connectivity index (χ1) is 19.4. The van der Waals surface area contributed by atoms with Gasteiger partial charge in [-0.2, -0.15) is 0 Å². The van der Waals surface area contributed by atoms with Crippen LogP contribution < -0.4 is 0 Å². The van der Waals surface area contributed by atoms with Gasteiger partial charge in [0.2, 0.25) is 0 Å². The van der Waals surface area contributed by atoms with E-state index in [9.17, 15) is 24.5 Å². The first-order valence-electron chi connectivity index (χ1n) is 16.4. The second-order valence-corrected chi connectivity index (χ2v) is 14.0. The Morgan fingerprint density at radius 2 is 1.22 bits per heavy atom. The van der Waals surface area contributed by atoms with Crippen molar-refractivity contribution in [1.82, 2.24) is 0 Å². The van der Waals surface area contributed by atoms with Crippen LogP contribution in [0.15, 0.2) is 0 Å². The zero-order valence-corrected chi connectivity index (χ0v) is 28.0. The lowest BCUT2D eigenvalue weighted by Gasteiger charge is -2.25. The normalized spacial score (nSPS) is 15.9. The summed E-state index contributed by atoms with van der Waals surface area (Å²) in [5.41, 5.74) is 0. The van der Waals surface area contributed by atoms with Crippen LogP contribution in [-0.4, -0.2) is 85.3 Å². The fourth-order valence-electron chi connectivity index (χ4n) is 4.82. The van der Waals surface area contributed by atoms with Gasteiger partial charge in [-0.3, -0.25) is 13.8 Å². The summed E-state index contributed by atoms with van der Waals surface area (Å²) in [6, 6.07) is 0. The van der Waals surface area contributed by atoms with E-state index in [2.05, 4.69) is 6.92 Å². The Bertz CT molecular complexity index is 673. The summed E-state index contributed by atoms with van der Waals surface area (Å²) in [6.45, 7) is 4.03. The van der Waals surface area contributed by atoms with Crippen LogP contribution in [0.4, 0.5) is 0 Å². The van der Waals surface area contributed by atoms with Crippen molar-refractivity contribution in [2.75, 3.05) is 47.5 Å². The number of rotatable bonds is 30. The van der Waals surface area contributed by atoms with Gasteiger partial charge in [0.15, 0.2) is 0 Å². The number of aliphatic carboxylic acids is 1. The molecule has 10 heteroatoms. The smallest absolute Gasteiger partial charge is 0.472 e. The van der Waals surface area contributed by atoms with Gasteiger partial charge >= 0.3 is 13.8 Å². The number of nitrogens with zero attached hydrogens (tertiary/aromatic N) is 1. The van der Waals surface area contributed by atoms with Gasteiger partial charge in [-0.25, -0.2) is 4.57 Å². The number of ether oxygens (including phenoxy) is 1. The summed E-state index contributed by atoms with van der Waals surface area (Å²) >= 11 is 0. The first kappa shape index (κ1) is 40.5. The number of hydrogen-bond donors (Lipinski definition) is 3. The van der Waals surface area contributed by atoms with Crippen LogP contribution in [0.1, 0.15) is 129 Å². The monoisotopic (exact) mass is 610 g/mol. The van der Waals surface area contributed by atoms with E-state index in [-0.39, 0.29) is 13.2 Å². The van der Waals surface area contributed by atoms with E-state index >= 15 is 0 Å². The number of carboxylic acids is 1. The van der Waals surface area contributed by atoms with E-state index in [4.69, 9.17) is 13.8 Å². The average molecular weight is 611 g/mol. The zero-order chi connectivity index (χ0) is 31.0. The number of carboxylic acid groups (broad SMARTS) is 1. The molecule has 0 fully saturated rings. The Hall–Kier alpha value is -0.540. The Morgan fingerprint density at radius 1 is 0.756 bits per heavy atom. The third-order valence-corrected chi connectivity index (χ3v) is 8.48. The molecule has 0 aromatic heterocycles. The second kappa shape index (κ2) is 24.9. The van der Waals surface area contributed by atoms with Crippen LogP contribution in [0.3, 0.4) is 0 Å². The molecule has 4 unspecified atom stereocenters. The van der Waals surface area contributed by atoms with Gasteiger partial charge in [-0.1, -0.05) is 117 Å². The van der Waals surface area contributed by atoms with Gasteiger partial charge in [0, 0.05) is 0 Å². The van der Waals surface area contributed by atoms with Crippen LogP contribution >= 0.6 is 7.82 Å². The van der Waals surface area contributed by atoms with E-state index in [1.165, 1.54) is 83.5 Å². The molecule has 0 radical (unpaired) electrons. The summed E-state index contributed by atoms with van der Waals surface area (Å²) in [5, 5.41) is 19.9. The number of carbonyl (C=O) groups is 1. The van der Waals surface area contributed by atoms with Gasteiger partial charge in [-0.15, -0.1) is 0 Å². The highest BCUT2D eigenvalue weighted by Crippen LogP contribution is 2.43. The molecule has 0 aromatic rings. The summed E-state index contributed by atoms with van der Waals surface area (Å²) in [6.07, 6.45) is 19.8.